The van der Waals surface area contributed by atoms with Crippen LogP contribution in [0.5, 0.6) is 0 Å². The molecule has 2 N–H and O–H groups in total. The van der Waals surface area contributed by atoms with Crippen LogP contribution in [0.2, 0.25) is 0 Å². The minimum Gasteiger partial charge on any atom is -0.512 e. The van der Waals surface area contributed by atoms with Crippen molar-refractivity contribution in [2.75, 3.05) is 0 Å². The SMILES string of the molecule is C=C(O)C12CCC(O)(C1)C2. The lowest BCUT2D eigenvalue weighted by Gasteiger charge is -2.43. The Morgan fingerprint density at radius 1 is 1.30 bits per heavy atom. The summed E-state index contributed by atoms with van der Waals surface area (Å²) in [5, 5.41) is 18.7. The van der Waals surface area contributed by atoms with Crippen molar-refractivity contribution < 1.29 is 10.2 Å². The van der Waals surface area contributed by atoms with E-state index in [1.54, 1.807) is 0 Å². The maximum absolute atomic E-state index is 9.52. The summed E-state index contributed by atoms with van der Waals surface area (Å²) in [4.78, 5) is 0. The second-order valence-electron chi connectivity index (χ2n) is 3.80. The van der Waals surface area contributed by atoms with E-state index in [4.69, 9.17) is 5.11 Å². The van der Waals surface area contributed by atoms with Gasteiger partial charge >= 0.3 is 0 Å². The van der Waals surface area contributed by atoms with Gasteiger partial charge in [-0.25, -0.2) is 0 Å². The van der Waals surface area contributed by atoms with Gasteiger partial charge in [-0.3, -0.25) is 0 Å². The molecule has 0 atom stereocenters. The Bertz CT molecular complexity index is 189. The standard InChI is InChI=1S/C8H12O2/c1-6(9)7-2-3-8(10,4-7)5-7/h9-10H,1-5H2. The Balaban J connectivity index is 2.20. The molecule has 0 radical (unpaired) electrons. The van der Waals surface area contributed by atoms with E-state index in [9.17, 15) is 5.11 Å². The molecule has 56 valence electrons. The highest BCUT2D eigenvalue weighted by atomic mass is 16.3. The van der Waals surface area contributed by atoms with Crippen molar-refractivity contribution in [2.45, 2.75) is 31.3 Å². The van der Waals surface area contributed by atoms with Crippen LogP contribution in [-0.2, 0) is 0 Å². The number of aliphatic hydroxyl groups excluding tert-OH is 1. The van der Waals surface area contributed by atoms with Gasteiger partial charge < -0.3 is 10.2 Å². The summed E-state index contributed by atoms with van der Waals surface area (Å²) < 4.78 is 0. The number of fused-ring (bicyclic) bond motifs is 1. The molecule has 3 aliphatic carbocycles. The molecule has 2 heteroatoms. The third kappa shape index (κ3) is 0.528. The van der Waals surface area contributed by atoms with Gasteiger partial charge in [0, 0.05) is 5.41 Å². The van der Waals surface area contributed by atoms with Crippen LogP contribution in [0.15, 0.2) is 12.3 Å². The lowest BCUT2D eigenvalue weighted by Crippen LogP contribution is -2.43. The van der Waals surface area contributed by atoms with E-state index in [0.717, 1.165) is 25.7 Å². The zero-order valence-corrected chi connectivity index (χ0v) is 5.93. The minimum atomic E-state index is -0.439. The molecule has 0 unspecified atom stereocenters. The summed E-state index contributed by atoms with van der Waals surface area (Å²) in [6.07, 6.45) is 3.22. The van der Waals surface area contributed by atoms with E-state index in [2.05, 4.69) is 6.58 Å². The summed E-state index contributed by atoms with van der Waals surface area (Å²) in [5.41, 5.74) is -0.527. The fourth-order valence-corrected chi connectivity index (χ4v) is 2.38. The van der Waals surface area contributed by atoms with Gasteiger partial charge in [0.25, 0.3) is 0 Å². The first kappa shape index (κ1) is 6.23. The average Bonchev–Trinajstić information content (AvgIpc) is 2.19. The zero-order chi connectivity index (χ0) is 7.41. The molecule has 0 aromatic rings. The predicted molar refractivity (Wildman–Crippen MR) is 37.6 cm³/mol. The fraction of sp³-hybridized carbons (Fsp3) is 0.750. The normalized spacial score (nSPS) is 50.5. The quantitative estimate of drug-likeness (QED) is 0.540. The van der Waals surface area contributed by atoms with Crippen LogP contribution in [0.1, 0.15) is 25.7 Å². The topological polar surface area (TPSA) is 40.5 Å². The minimum absolute atomic E-state index is 0.0885. The molecular weight excluding hydrogens is 128 g/mol. The fourth-order valence-electron chi connectivity index (χ4n) is 2.38. The number of hydrogen-bond donors (Lipinski definition) is 2. The first-order chi connectivity index (χ1) is 4.56. The molecule has 0 aromatic carbocycles. The van der Waals surface area contributed by atoms with Crippen LogP contribution in [-0.4, -0.2) is 15.8 Å². The van der Waals surface area contributed by atoms with Crippen molar-refractivity contribution >= 4 is 0 Å². The highest BCUT2D eigenvalue weighted by Gasteiger charge is 2.61. The first-order valence-electron chi connectivity index (χ1n) is 3.67. The summed E-state index contributed by atoms with van der Waals surface area (Å²) in [7, 11) is 0. The number of rotatable bonds is 1. The number of allylic oxidation sites excluding steroid dienone is 1. The molecule has 3 aliphatic rings. The van der Waals surface area contributed by atoms with Crippen LogP contribution < -0.4 is 0 Å². The van der Waals surface area contributed by atoms with E-state index in [-0.39, 0.29) is 11.2 Å². The van der Waals surface area contributed by atoms with E-state index in [1.165, 1.54) is 0 Å². The van der Waals surface area contributed by atoms with Gasteiger partial charge in [-0.15, -0.1) is 0 Å². The van der Waals surface area contributed by atoms with Crippen LogP contribution in [0.3, 0.4) is 0 Å². The van der Waals surface area contributed by atoms with Crippen molar-refractivity contribution in [2.24, 2.45) is 5.41 Å². The molecule has 3 saturated carbocycles. The van der Waals surface area contributed by atoms with Crippen molar-refractivity contribution in [3.05, 3.63) is 12.3 Å². The Hall–Kier alpha value is -0.500. The van der Waals surface area contributed by atoms with E-state index >= 15 is 0 Å². The van der Waals surface area contributed by atoms with Gasteiger partial charge in [0.1, 0.15) is 0 Å². The highest BCUT2D eigenvalue weighted by molar-refractivity contribution is 5.21. The molecule has 0 saturated heterocycles. The van der Waals surface area contributed by atoms with Crippen LogP contribution in [0, 0.1) is 5.41 Å². The van der Waals surface area contributed by atoms with E-state index < -0.39 is 5.60 Å². The maximum Gasteiger partial charge on any atom is 0.0914 e. The van der Waals surface area contributed by atoms with Gasteiger partial charge in [0.05, 0.1) is 11.4 Å². The molecule has 10 heavy (non-hydrogen) atoms. The van der Waals surface area contributed by atoms with Gasteiger partial charge in [-0.1, -0.05) is 6.58 Å². The lowest BCUT2D eigenvalue weighted by atomic mass is 9.66. The molecule has 3 rings (SSSR count). The van der Waals surface area contributed by atoms with Gasteiger partial charge in [-0.05, 0) is 25.7 Å². The Kier molecular flexibility index (Phi) is 0.870. The molecule has 3 fully saturated rings. The summed E-state index contributed by atoms with van der Waals surface area (Å²) in [6.45, 7) is 3.52. The molecule has 2 nitrogen and oxygen atoms in total. The highest BCUT2D eigenvalue weighted by Crippen LogP contribution is 2.63. The molecule has 0 spiro atoms. The summed E-state index contributed by atoms with van der Waals surface area (Å²) in [6, 6.07) is 0. The summed E-state index contributed by atoms with van der Waals surface area (Å²) >= 11 is 0. The van der Waals surface area contributed by atoms with E-state index in [0.29, 0.717) is 0 Å². The van der Waals surface area contributed by atoms with Gasteiger partial charge in [0.2, 0.25) is 0 Å². The second-order valence-corrected chi connectivity index (χ2v) is 3.80. The van der Waals surface area contributed by atoms with Crippen LogP contribution in [0.4, 0.5) is 0 Å². The molecule has 0 amide bonds. The van der Waals surface area contributed by atoms with Gasteiger partial charge in [0.15, 0.2) is 0 Å². The molecular formula is C8H12O2. The van der Waals surface area contributed by atoms with Crippen molar-refractivity contribution in [1.82, 2.24) is 0 Å². The van der Waals surface area contributed by atoms with Gasteiger partial charge in [-0.2, -0.15) is 0 Å². The maximum atomic E-state index is 9.52. The molecule has 2 bridgehead atoms. The Morgan fingerprint density at radius 2 is 1.90 bits per heavy atom. The van der Waals surface area contributed by atoms with E-state index in [1.807, 2.05) is 0 Å². The predicted octanol–water partition coefficient (Wildman–Crippen LogP) is 1.36. The number of hydrogen-bond acceptors (Lipinski definition) is 2. The smallest absolute Gasteiger partial charge is 0.0914 e. The Morgan fingerprint density at radius 3 is 2.10 bits per heavy atom. The molecule has 0 aliphatic heterocycles. The second kappa shape index (κ2) is 1.40. The van der Waals surface area contributed by atoms with Crippen molar-refractivity contribution in [1.29, 1.82) is 0 Å². The summed E-state index contributed by atoms with van der Waals surface area (Å²) in [5.74, 6) is 0.273. The molecule has 0 heterocycles. The third-order valence-electron chi connectivity index (χ3n) is 3.02. The number of aliphatic hydroxyl groups is 2. The zero-order valence-electron chi connectivity index (χ0n) is 5.93. The monoisotopic (exact) mass is 140 g/mol. The first-order valence-corrected chi connectivity index (χ1v) is 3.67. The van der Waals surface area contributed by atoms with Crippen LogP contribution in [0.25, 0.3) is 0 Å². The average molecular weight is 140 g/mol. The Labute approximate surface area is 60.2 Å². The third-order valence-corrected chi connectivity index (χ3v) is 3.02. The van der Waals surface area contributed by atoms with Crippen LogP contribution >= 0.6 is 0 Å². The van der Waals surface area contributed by atoms with Crippen molar-refractivity contribution in [3.8, 4) is 0 Å². The van der Waals surface area contributed by atoms with Crippen molar-refractivity contribution in [3.63, 3.8) is 0 Å². The molecule has 0 aromatic heterocycles. The lowest BCUT2D eigenvalue weighted by molar-refractivity contribution is -0.0641. The largest absolute Gasteiger partial charge is 0.512 e.